The maximum atomic E-state index is 13.2. The summed E-state index contributed by atoms with van der Waals surface area (Å²) in [4.78, 5) is 28.0. The molecule has 6 heteroatoms. The Labute approximate surface area is 176 Å². The van der Waals surface area contributed by atoms with Gasteiger partial charge in [-0.15, -0.1) is 0 Å². The van der Waals surface area contributed by atoms with Gasteiger partial charge in [0, 0.05) is 25.5 Å². The van der Waals surface area contributed by atoms with Gasteiger partial charge >= 0.3 is 0 Å². The fourth-order valence-corrected chi connectivity index (χ4v) is 3.51. The molecule has 1 aliphatic rings. The average Bonchev–Trinajstić information content (AvgIpc) is 2.76. The fraction of sp³-hybridized carbons (Fsp3) is 0.167. The predicted octanol–water partition coefficient (Wildman–Crippen LogP) is 3.59. The number of hydrazine groups is 1. The van der Waals surface area contributed by atoms with E-state index in [0.717, 1.165) is 22.5 Å². The van der Waals surface area contributed by atoms with Crippen LogP contribution in [0.25, 0.3) is 0 Å². The maximum Gasteiger partial charge on any atom is 0.276 e. The summed E-state index contributed by atoms with van der Waals surface area (Å²) in [5.41, 5.74) is 6.91. The van der Waals surface area contributed by atoms with Crippen molar-refractivity contribution >= 4 is 23.2 Å². The van der Waals surface area contributed by atoms with Crippen molar-refractivity contribution in [2.45, 2.75) is 12.6 Å². The van der Waals surface area contributed by atoms with Gasteiger partial charge in [-0.1, -0.05) is 54.6 Å². The van der Waals surface area contributed by atoms with E-state index < -0.39 is 6.17 Å². The number of carbonyl (C=O) groups excluding carboxylic acids is 2. The highest BCUT2D eigenvalue weighted by Crippen LogP contribution is 2.32. The number of hydrogen-bond donors (Lipinski definition) is 2. The first kappa shape index (κ1) is 19.5. The molecular formula is C24H24N4O2. The third-order valence-electron chi connectivity index (χ3n) is 5.10. The Morgan fingerprint density at radius 2 is 1.63 bits per heavy atom. The topological polar surface area (TPSA) is 64.7 Å². The molecule has 2 amide bonds. The summed E-state index contributed by atoms with van der Waals surface area (Å²) < 4.78 is 0. The van der Waals surface area contributed by atoms with Gasteiger partial charge in [0.2, 0.25) is 5.91 Å². The number of rotatable bonds is 5. The minimum atomic E-state index is -0.511. The van der Waals surface area contributed by atoms with Crippen molar-refractivity contribution in [3.8, 4) is 0 Å². The van der Waals surface area contributed by atoms with E-state index in [1.165, 1.54) is 5.01 Å². The smallest absolute Gasteiger partial charge is 0.276 e. The van der Waals surface area contributed by atoms with Gasteiger partial charge in [0.05, 0.1) is 12.0 Å². The quantitative estimate of drug-likeness (QED) is 0.687. The summed E-state index contributed by atoms with van der Waals surface area (Å²) in [6.07, 6.45) is -0.318. The van der Waals surface area contributed by atoms with Gasteiger partial charge in [0.1, 0.15) is 6.17 Å². The first-order valence-corrected chi connectivity index (χ1v) is 9.83. The van der Waals surface area contributed by atoms with Crippen LogP contribution in [0.3, 0.4) is 0 Å². The molecule has 1 atom stereocenters. The van der Waals surface area contributed by atoms with Crippen molar-refractivity contribution in [2.24, 2.45) is 0 Å². The second-order valence-electron chi connectivity index (χ2n) is 7.45. The van der Waals surface area contributed by atoms with Crippen molar-refractivity contribution < 1.29 is 9.59 Å². The summed E-state index contributed by atoms with van der Waals surface area (Å²) in [5, 5.41) is 4.78. The highest BCUT2D eigenvalue weighted by molar-refractivity contribution is 6.02. The number of fused-ring (bicyclic) bond motifs is 1. The number of nitrogens with one attached hydrogen (secondary N) is 2. The Morgan fingerprint density at radius 3 is 2.33 bits per heavy atom. The van der Waals surface area contributed by atoms with Gasteiger partial charge in [-0.2, -0.15) is 0 Å². The molecule has 0 spiro atoms. The van der Waals surface area contributed by atoms with E-state index in [1.807, 2.05) is 91.8 Å². The van der Waals surface area contributed by atoms with E-state index in [4.69, 9.17) is 0 Å². The number of carbonyl (C=O) groups is 2. The predicted molar refractivity (Wildman–Crippen MR) is 118 cm³/mol. The first-order valence-electron chi connectivity index (χ1n) is 9.83. The van der Waals surface area contributed by atoms with Gasteiger partial charge in [-0.25, -0.2) is 5.01 Å². The molecule has 0 radical (unpaired) electrons. The van der Waals surface area contributed by atoms with Crippen LogP contribution in [0.2, 0.25) is 0 Å². The van der Waals surface area contributed by atoms with Crippen LogP contribution < -0.4 is 15.6 Å². The lowest BCUT2D eigenvalue weighted by atomic mass is 10.0. The molecule has 4 rings (SSSR count). The zero-order valence-corrected chi connectivity index (χ0v) is 17.0. The molecule has 152 valence electrons. The zero-order valence-electron chi connectivity index (χ0n) is 17.0. The van der Waals surface area contributed by atoms with Crippen LogP contribution in [0.4, 0.5) is 11.4 Å². The minimum absolute atomic E-state index is 0.193. The largest absolute Gasteiger partial charge is 0.378 e. The lowest BCUT2D eigenvalue weighted by Gasteiger charge is -2.38. The standard InChI is InChI=1S/C24H24N4O2/c1-27(2)19-14-12-18(13-15-19)23-25-21-11-7-6-10-20(21)24(30)28(23)26-22(29)16-17-8-4-3-5-9-17/h3-15,23,25H,16H2,1-2H3,(H,26,29). The molecule has 6 nitrogen and oxygen atoms in total. The van der Waals surface area contributed by atoms with Crippen LogP contribution in [0.1, 0.15) is 27.7 Å². The van der Waals surface area contributed by atoms with Gasteiger partial charge in [-0.3, -0.25) is 15.0 Å². The van der Waals surface area contributed by atoms with Gasteiger partial charge in [0.25, 0.3) is 5.91 Å². The van der Waals surface area contributed by atoms with Crippen molar-refractivity contribution in [1.29, 1.82) is 0 Å². The maximum absolute atomic E-state index is 13.2. The zero-order chi connectivity index (χ0) is 21.1. The molecule has 0 fully saturated rings. The van der Waals surface area contributed by atoms with Crippen LogP contribution in [-0.2, 0) is 11.2 Å². The van der Waals surface area contributed by atoms with Crippen LogP contribution >= 0.6 is 0 Å². The average molecular weight is 400 g/mol. The lowest BCUT2D eigenvalue weighted by molar-refractivity contribution is -0.125. The Bertz CT molecular complexity index is 1050. The highest BCUT2D eigenvalue weighted by atomic mass is 16.2. The van der Waals surface area contributed by atoms with E-state index in [-0.39, 0.29) is 18.2 Å². The molecular weight excluding hydrogens is 376 g/mol. The second kappa shape index (κ2) is 8.29. The summed E-state index contributed by atoms with van der Waals surface area (Å²) in [6, 6.07) is 24.7. The normalized spacial score (nSPS) is 15.2. The Balaban J connectivity index is 1.63. The van der Waals surface area contributed by atoms with Crippen LogP contribution in [-0.4, -0.2) is 30.9 Å². The molecule has 1 unspecified atom stereocenters. The third kappa shape index (κ3) is 3.98. The Kier molecular flexibility index (Phi) is 5.39. The fourth-order valence-electron chi connectivity index (χ4n) is 3.51. The summed E-state index contributed by atoms with van der Waals surface area (Å²) in [5.74, 6) is -0.488. The molecule has 0 saturated carbocycles. The molecule has 0 saturated heterocycles. The van der Waals surface area contributed by atoms with Crippen LogP contribution in [0.15, 0.2) is 78.9 Å². The van der Waals surface area contributed by atoms with E-state index in [9.17, 15) is 9.59 Å². The highest BCUT2D eigenvalue weighted by Gasteiger charge is 2.34. The van der Waals surface area contributed by atoms with Crippen molar-refractivity contribution in [2.75, 3.05) is 24.3 Å². The molecule has 3 aromatic rings. The number of benzene rings is 3. The summed E-state index contributed by atoms with van der Waals surface area (Å²) in [6.45, 7) is 0. The molecule has 0 aliphatic carbocycles. The number of hydrogen-bond acceptors (Lipinski definition) is 4. The SMILES string of the molecule is CN(C)c1ccc(C2Nc3ccccc3C(=O)N2NC(=O)Cc2ccccc2)cc1. The second-order valence-corrected chi connectivity index (χ2v) is 7.45. The molecule has 0 aromatic heterocycles. The van der Waals surface area contributed by atoms with Crippen LogP contribution in [0, 0.1) is 0 Å². The van der Waals surface area contributed by atoms with Gasteiger partial charge in [-0.05, 0) is 35.4 Å². The Hall–Kier alpha value is -3.80. The molecule has 1 heterocycles. The van der Waals surface area contributed by atoms with Gasteiger partial charge in [0.15, 0.2) is 0 Å². The monoisotopic (exact) mass is 400 g/mol. The number of anilines is 2. The van der Waals surface area contributed by atoms with Gasteiger partial charge < -0.3 is 10.2 Å². The van der Waals surface area contributed by atoms with Crippen molar-refractivity contribution in [3.63, 3.8) is 0 Å². The molecule has 2 N–H and O–H groups in total. The number of nitrogens with zero attached hydrogens (tertiary/aromatic N) is 2. The van der Waals surface area contributed by atoms with E-state index in [2.05, 4.69) is 10.7 Å². The lowest BCUT2D eigenvalue weighted by Crippen LogP contribution is -2.53. The number of para-hydroxylation sites is 1. The molecule has 0 bridgehead atoms. The molecule has 1 aliphatic heterocycles. The Morgan fingerprint density at radius 1 is 0.967 bits per heavy atom. The summed E-state index contributed by atoms with van der Waals surface area (Å²) in [7, 11) is 3.95. The van der Waals surface area contributed by atoms with Crippen LogP contribution in [0.5, 0.6) is 0 Å². The molecule has 3 aromatic carbocycles. The van der Waals surface area contributed by atoms with E-state index >= 15 is 0 Å². The molecule has 30 heavy (non-hydrogen) atoms. The van der Waals surface area contributed by atoms with E-state index in [0.29, 0.717) is 5.56 Å². The first-order chi connectivity index (χ1) is 14.5. The van der Waals surface area contributed by atoms with Crippen molar-refractivity contribution in [1.82, 2.24) is 10.4 Å². The van der Waals surface area contributed by atoms with Crippen molar-refractivity contribution in [3.05, 3.63) is 95.6 Å². The minimum Gasteiger partial charge on any atom is -0.378 e. The van der Waals surface area contributed by atoms with E-state index in [1.54, 1.807) is 6.07 Å². The third-order valence-corrected chi connectivity index (χ3v) is 5.10. The summed E-state index contributed by atoms with van der Waals surface area (Å²) >= 11 is 0. The number of amides is 2.